The number of aromatic nitrogens is 2. The average Bonchev–Trinajstić information content (AvgIpc) is 3.26. The van der Waals surface area contributed by atoms with E-state index in [1.54, 1.807) is 11.3 Å². The van der Waals surface area contributed by atoms with Crippen LogP contribution in [0.4, 0.5) is 23.0 Å². The SMILES string of the molecule is O=C(Cc1ccc([N+](=O)[O-])cc1)NNc1ncnc(NCCc2cccs2)c1[N+](=O)[O-]. The van der Waals surface area contributed by atoms with Crippen molar-refractivity contribution in [3.63, 3.8) is 0 Å². The zero-order valence-corrected chi connectivity index (χ0v) is 16.8. The summed E-state index contributed by atoms with van der Waals surface area (Å²) in [5, 5.41) is 27.1. The lowest BCUT2D eigenvalue weighted by atomic mass is 10.1. The van der Waals surface area contributed by atoms with Gasteiger partial charge in [0.15, 0.2) is 0 Å². The quantitative estimate of drug-likeness (QED) is 0.315. The number of hydrogen-bond acceptors (Lipinski definition) is 10. The van der Waals surface area contributed by atoms with Crippen LogP contribution < -0.4 is 16.2 Å². The topological polar surface area (TPSA) is 165 Å². The van der Waals surface area contributed by atoms with E-state index < -0.39 is 21.4 Å². The Kier molecular flexibility index (Phi) is 7.01. The Morgan fingerprint density at radius 1 is 1.03 bits per heavy atom. The summed E-state index contributed by atoms with van der Waals surface area (Å²) in [6.45, 7) is 0.435. The maximum Gasteiger partial charge on any atom is 0.354 e. The highest BCUT2D eigenvalue weighted by molar-refractivity contribution is 7.09. The van der Waals surface area contributed by atoms with E-state index in [-0.39, 0.29) is 23.7 Å². The third kappa shape index (κ3) is 5.93. The first-order valence-corrected chi connectivity index (χ1v) is 9.86. The van der Waals surface area contributed by atoms with Gasteiger partial charge in [0.2, 0.25) is 17.5 Å². The Hall–Kier alpha value is -4.13. The molecule has 0 aliphatic carbocycles. The zero-order chi connectivity index (χ0) is 22.2. The van der Waals surface area contributed by atoms with Gasteiger partial charge in [-0.1, -0.05) is 18.2 Å². The molecule has 0 saturated carbocycles. The number of hydrazine groups is 1. The average molecular weight is 443 g/mol. The highest BCUT2D eigenvalue weighted by Gasteiger charge is 2.23. The molecule has 0 bridgehead atoms. The normalized spacial score (nSPS) is 10.3. The Morgan fingerprint density at radius 3 is 2.42 bits per heavy atom. The van der Waals surface area contributed by atoms with Crippen molar-refractivity contribution in [3.8, 4) is 0 Å². The molecule has 0 saturated heterocycles. The Morgan fingerprint density at radius 2 is 1.77 bits per heavy atom. The van der Waals surface area contributed by atoms with Crippen LogP contribution in [-0.4, -0.2) is 32.3 Å². The molecule has 1 amide bonds. The van der Waals surface area contributed by atoms with Gasteiger partial charge in [-0.15, -0.1) is 11.3 Å². The lowest BCUT2D eigenvalue weighted by molar-refractivity contribution is -0.384. The smallest absolute Gasteiger partial charge is 0.354 e. The fourth-order valence-corrected chi connectivity index (χ4v) is 3.33. The number of carbonyl (C=O) groups is 1. The van der Waals surface area contributed by atoms with Crippen molar-refractivity contribution >= 4 is 40.3 Å². The maximum absolute atomic E-state index is 12.1. The van der Waals surface area contributed by atoms with Crippen LogP contribution in [0.2, 0.25) is 0 Å². The minimum atomic E-state index is -0.641. The number of hydrogen-bond donors (Lipinski definition) is 3. The third-order valence-electron chi connectivity index (χ3n) is 4.08. The Balaban J connectivity index is 1.61. The fourth-order valence-electron chi connectivity index (χ4n) is 2.63. The van der Waals surface area contributed by atoms with E-state index in [1.165, 1.54) is 24.3 Å². The molecule has 0 unspecified atom stereocenters. The Labute approximate surface area is 179 Å². The summed E-state index contributed by atoms with van der Waals surface area (Å²) < 4.78 is 0. The molecule has 13 heteroatoms. The lowest BCUT2D eigenvalue weighted by Crippen LogP contribution is -2.31. The van der Waals surface area contributed by atoms with Crippen molar-refractivity contribution in [3.05, 3.63) is 78.8 Å². The fraction of sp³-hybridized carbons (Fsp3) is 0.167. The first-order chi connectivity index (χ1) is 14.9. The standard InChI is InChI=1S/C18H17N7O5S/c26-15(10-12-3-5-13(6-4-12)24(27)28)22-23-18-16(25(29)30)17(20-11-21-18)19-8-7-14-2-1-9-31-14/h1-6,9,11H,7-8,10H2,(H,22,26)(H2,19,20,21,23). The van der Waals surface area contributed by atoms with Gasteiger partial charge in [-0.05, 0) is 23.4 Å². The molecule has 31 heavy (non-hydrogen) atoms. The highest BCUT2D eigenvalue weighted by Crippen LogP contribution is 2.28. The molecule has 1 aromatic carbocycles. The van der Waals surface area contributed by atoms with Crippen molar-refractivity contribution in [2.75, 3.05) is 17.3 Å². The van der Waals surface area contributed by atoms with Crippen molar-refractivity contribution in [2.24, 2.45) is 0 Å². The van der Waals surface area contributed by atoms with Gasteiger partial charge in [0.25, 0.3) is 5.69 Å². The molecular formula is C18H17N7O5S. The first-order valence-electron chi connectivity index (χ1n) is 8.98. The molecule has 12 nitrogen and oxygen atoms in total. The van der Waals surface area contributed by atoms with E-state index in [0.29, 0.717) is 18.5 Å². The van der Waals surface area contributed by atoms with Crippen LogP contribution in [0.5, 0.6) is 0 Å². The molecule has 3 aromatic rings. The van der Waals surface area contributed by atoms with Crippen LogP contribution in [0.3, 0.4) is 0 Å². The number of nitro benzene ring substituents is 1. The van der Waals surface area contributed by atoms with E-state index in [1.807, 2.05) is 17.5 Å². The number of thiophene rings is 1. The number of anilines is 2. The first kappa shape index (κ1) is 21.6. The molecule has 0 fully saturated rings. The number of nitro groups is 2. The molecule has 0 aliphatic rings. The summed E-state index contributed by atoms with van der Waals surface area (Å²) in [4.78, 5) is 42.1. The van der Waals surface area contributed by atoms with Gasteiger partial charge >= 0.3 is 5.69 Å². The number of nitrogens with one attached hydrogen (secondary N) is 3. The molecular weight excluding hydrogens is 426 g/mol. The summed E-state index contributed by atoms with van der Waals surface area (Å²) in [5.74, 6) is -0.645. The van der Waals surface area contributed by atoms with Crippen molar-refractivity contribution < 1.29 is 14.6 Å². The minimum absolute atomic E-state index is 0.0312. The van der Waals surface area contributed by atoms with E-state index in [9.17, 15) is 25.0 Å². The van der Waals surface area contributed by atoms with Gasteiger partial charge < -0.3 is 5.32 Å². The van der Waals surface area contributed by atoms with Gasteiger partial charge in [-0.2, -0.15) is 0 Å². The summed E-state index contributed by atoms with van der Waals surface area (Å²) in [6.07, 6.45) is 1.73. The summed E-state index contributed by atoms with van der Waals surface area (Å²) in [6, 6.07) is 9.39. The second-order valence-electron chi connectivity index (χ2n) is 6.21. The van der Waals surface area contributed by atoms with Crippen molar-refractivity contribution in [1.82, 2.24) is 15.4 Å². The van der Waals surface area contributed by atoms with Gasteiger partial charge in [0, 0.05) is 23.6 Å². The predicted molar refractivity (Wildman–Crippen MR) is 114 cm³/mol. The monoisotopic (exact) mass is 443 g/mol. The van der Waals surface area contributed by atoms with E-state index >= 15 is 0 Å². The summed E-state index contributed by atoms with van der Waals surface area (Å²) >= 11 is 1.59. The molecule has 160 valence electrons. The van der Waals surface area contributed by atoms with Crippen LogP contribution in [-0.2, 0) is 17.6 Å². The second kappa shape index (κ2) is 10.1. The lowest BCUT2D eigenvalue weighted by Gasteiger charge is -2.11. The van der Waals surface area contributed by atoms with Crippen molar-refractivity contribution in [2.45, 2.75) is 12.8 Å². The number of non-ortho nitro benzene ring substituents is 1. The molecule has 3 N–H and O–H groups in total. The van der Waals surface area contributed by atoms with Crippen LogP contribution >= 0.6 is 11.3 Å². The minimum Gasteiger partial charge on any atom is -0.364 e. The summed E-state index contributed by atoms with van der Waals surface area (Å²) in [7, 11) is 0. The van der Waals surface area contributed by atoms with Crippen LogP contribution in [0.1, 0.15) is 10.4 Å². The molecule has 3 rings (SSSR count). The van der Waals surface area contributed by atoms with E-state index in [4.69, 9.17) is 0 Å². The maximum atomic E-state index is 12.1. The van der Waals surface area contributed by atoms with Crippen LogP contribution in [0.25, 0.3) is 0 Å². The molecule has 0 radical (unpaired) electrons. The van der Waals surface area contributed by atoms with Crippen LogP contribution in [0, 0.1) is 20.2 Å². The molecule has 0 aliphatic heterocycles. The number of amides is 1. The van der Waals surface area contributed by atoms with E-state index in [2.05, 4.69) is 26.1 Å². The number of rotatable bonds is 10. The van der Waals surface area contributed by atoms with Gasteiger partial charge in [-0.25, -0.2) is 9.97 Å². The molecule has 2 aromatic heterocycles. The van der Waals surface area contributed by atoms with Crippen LogP contribution in [0.15, 0.2) is 48.1 Å². The van der Waals surface area contributed by atoms with Gasteiger partial charge in [-0.3, -0.25) is 35.9 Å². The second-order valence-corrected chi connectivity index (χ2v) is 7.24. The molecule has 0 atom stereocenters. The third-order valence-corrected chi connectivity index (χ3v) is 5.02. The Bertz CT molecular complexity index is 1070. The molecule has 0 spiro atoms. The predicted octanol–water partition coefficient (Wildman–Crippen LogP) is 2.69. The summed E-state index contributed by atoms with van der Waals surface area (Å²) in [5.41, 5.74) is 4.85. The number of nitrogens with zero attached hydrogens (tertiary/aromatic N) is 4. The number of carbonyl (C=O) groups excluding carboxylic acids is 1. The zero-order valence-electron chi connectivity index (χ0n) is 16.0. The van der Waals surface area contributed by atoms with Gasteiger partial charge in [0.1, 0.15) is 6.33 Å². The van der Waals surface area contributed by atoms with Gasteiger partial charge in [0.05, 0.1) is 16.3 Å². The van der Waals surface area contributed by atoms with Crippen molar-refractivity contribution in [1.29, 1.82) is 0 Å². The van der Waals surface area contributed by atoms with E-state index in [0.717, 1.165) is 11.2 Å². The highest BCUT2D eigenvalue weighted by atomic mass is 32.1. The largest absolute Gasteiger partial charge is 0.364 e. The number of benzene rings is 1. The molecule has 2 heterocycles.